The summed E-state index contributed by atoms with van der Waals surface area (Å²) < 4.78 is 7.03. The molecular formula is C45H54N2OS2. The molecule has 0 aromatic carbocycles. The fourth-order valence-corrected chi connectivity index (χ4v) is 9.31. The number of rotatable bonds is 16. The highest BCUT2D eigenvalue weighted by molar-refractivity contribution is 7.19. The lowest BCUT2D eigenvalue weighted by atomic mass is 9.87. The van der Waals surface area contributed by atoms with E-state index in [1.807, 2.05) is 39.4 Å². The van der Waals surface area contributed by atoms with Crippen LogP contribution in [0.1, 0.15) is 99.1 Å². The minimum atomic E-state index is 0.0975. The Morgan fingerprint density at radius 2 is 1.60 bits per heavy atom. The zero-order valence-corrected chi connectivity index (χ0v) is 32.6. The molecule has 1 atom stereocenters. The number of hydrogen-bond acceptors (Lipinski definition) is 3. The second-order valence-corrected chi connectivity index (χ2v) is 16.0. The molecule has 262 valence electrons. The van der Waals surface area contributed by atoms with Gasteiger partial charge in [-0.25, -0.2) is 0 Å². The number of thiophene rings is 2. The molecule has 1 aliphatic rings. The molecule has 0 N–H and O–H groups in total. The minimum absolute atomic E-state index is 0.0975. The van der Waals surface area contributed by atoms with Gasteiger partial charge in [-0.2, -0.15) is 0 Å². The van der Waals surface area contributed by atoms with Crippen LogP contribution in [0.15, 0.2) is 120 Å². The lowest BCUT2D eigenvalue weighted by Gasteiger charge is -2.24. The van der Waals surface area contributed by atoms with E-state index in [1.54, 1.807) is 0 Å². The smallest absolute Gasteiger partial charge is 0.258 e. The molecule has 0 bridgehead atoms. The van der Waals surface area contributed by atoms with Crippen LogP contribution in [0.3, 0.4) is 0 Å². The molecule has 4 heterocycles. The summed E-state index contributed by atoms with van der Waals surface area (Å²) in [6.45, 7) is 21.9. The van der Waals surface area contributed by atoms with E-state index in [2.05, 4.69) is 132 Å². The van der Waals surface area contributed by atoms with E-state index in [4.69, 9.17) is 0 Å². The monoisotopic (exact) mass is 702 g/mol. The Morgan fingerprint density at radius 1 is 0.940 bits per heavy atom. The maximum atomic E-state index is 14.3. The van der Waals surface area contributed by atoms with Crippen molar-refractivity contribution in [2.45, 2.75) is 99.0 Å². The van der Waals surface area contributed by atoms with Crippen molar-refractivity contribution < 1.29 is 4.79 Å². The van der Waals surface area contributed by atoms with Gasteiger partial charge in [0.15, 0.2) is 0 Å². The highest BCUT2D eigenvalue weighted by Gasteiger charge is 2.26. The predicted octanol–water partition coefficient (Wildman–Crippen LogP) is 13.3. The largest absolute Gasteiger partial charge is 0.340 e. The molecule has 0 amide bonds. The van der Waals surface area contributed by atoms with Gasteiger partial charge < -0.3 is 4.57 Å². The van der Waals surface area contributed by atoms with Crippen LogP contribution < -0.4 is 0 Å². The summed E-state index contributed by atoms with van der Waals surface area (Å²) in [6.07, 6.45) is 27.6. The van der Waals surface area contributed by atoms with Crippen LogP contribution in [0, 0.1) is 5.92 Å². The number of aromatic nitrogens is 2. The maximum Gasteiger partial charge on any atom is 0.258 e. The summed E-state index contributed by atoms with van der Waals surface area (Å²) in [7, 11) is 0. The van der Waals surface area contributed by atoms with Gasteiger partial charge in [-0.3, -0.25) is 9.36 Å². The van der Waals surface area contributed by atoms with Crippen molar-refractivity contribution >= 4 is 49.0 Å². The van der Waals surface area contributed by atoms with Gasteiger partial charge in [0.25, 0.3) is 5.91 Å². The summed E-state index contributed by atoms with van der Waals surface area (Å²) in [5.41, 5.74) is 9.68. The molecule has 0 radical (unpaired) electrons. The van der Waals surface area contributed by atoms with E-state index in [0.717, 1.165) is 61.9 Å². The summed E-state index contributed by atoms with van der Waals surface area (Å²) in [6, 6.07) is 9.24. The van der Waals surface area contributed by atoms with Crippen molar-refractivity contribution in [3.8, 4) is 0 Å². The first kappa shape index (κ1) is 37.3. The van der Waals surface area contributed by atoms with E-state index in [-0.39, 0.29) is 11.8 Å². The second-order valence-electron chi connectivity index (χ2n) is 13.7. The van der Waals surface area contributed by atoms with Crippen LogP contribution in [0.5, 0.6) is 0 Å². The highest BCUT2D eigenvalue weighted by atomic mass is 32.1. The lowest BCUT2D eigenvalue weighted by Crippen LogP contribution is -2.21. The lowest BCUT2D eigenvalue weighted by molar-refractivity contribution is 0.0951. The highest BCUT2D eigenvalue weighted by Crippen LogP contribution is 2.37. The molecule has 0 fully saturated rings. The SMILES string of the molecule is C=C/C=C(\C=C/C)CCc1cc2c(cc(C(C)C)n2CC2=CC=C(C(=O)n3c(CC=C)cc4sc(CCC(/C=C\C)=C/CC)cc43)CC2C)s1. The number of nitrogens with zero attached hydrogens (tertiary/aromatic N) is 2. The van der Waals surface area contributed by atoms with Crippen LogP contribution in [0.25, 0.3) is 20.4 Å². The molecule has 1 aliphatic carbocycles. The Balaban J connectivity index is 1.40. The number of allylic oxidation sites excluding steroid dienone is 14. The van der Waals surface area contributed by atoms with Gasteiger partial charge in [0.2, 0.25) is 0 Å². The van der Waals surface area contributed by atoms with Crippen LogP contribution in [0.2, 0.25) is 0 Å². The molecule has 4 aromatic heterocycles. The Morgan fingerprint density at radius 3 is 2.22 bits per heavy atom. The van der Waals surface area contributed by atoms with Gasteiger partial charge in [-0.15, -0.1) is 29.3 Å². The first-order chi connectivity index (χ1) is 24.2. The zero-order valence-electron chi connectivity index (χ0n) is 30.9. The number of aryl methyl sites for hydroxylation is 2. The maximum absolute atomic E-state index is 14.3. The number of fused-ring (bicyclic) bond motifs is 2. The third kappa shape index (κ3) is 8.50. The summed E-state index contributed by atoms with van der Waals surface area (Å²) >= 11 is 3.74. The van der Waals surface area contributed by atoms with Crippen molar-refractivity contribution in [3.05, 3.63) is 142 Å². The number of hydrogen-bond donors (Lipinski definition) is 0. The third-order valence-electron chi connectivity index (χ3n) is 9.59. The van der Waals surface area contributed by atoms with E-state index in [9.17, 15) is 4.79 Å². The van der Waals surface area contributed by atoms with E-state index >= 15 is 0 Å². The zero-order chi connectivity index (χ0) is 35.8. The molecule has 3 nitrogen and oxygen atoms in total. The van der Waals surface area contributed by atoms with Crippen molar-refractivity contribution in [1.82, 2.24) is 9.13 Å². The molecular weight excluding hydrogens is 649 g/mol. The van der Waals surface area contributed by atoms with Crippen LogP contribution in [-0.4, -0.2) is 15.0 Å². The van der Waals surface area contributed by atoms with Crippen molar-refractivity contribution in [2.75, 3.05) is 0 Å². The topological polar surface area (TPSA) is 26.9 Å². The average Bonchev–Trinajstić information content (AvgIpc) is 3.83. The molecule has 4 aromatic rings. The first-order valence-corrected chi connectivity index (χ1v) is 19.9. The van der Waals surface area contributed by atoms with Crippen LogP contribution in [0.4, 0.5) is 0 Å². The Labute approximate surface area is 308 Å². The second kappa shape index (κ2) is 17.3. The standard InChI is InChI=1S/C45H54N2OS2/c1-9-14-33(15-10-2)19-23-38-27-41-44(50-38)29-40(31(6)7)46(41)30-36-22-21-35(25-32(36)8)45(48)47-37(18-13-5)26-43-42(47)28-39(49-43)24-20-34(16-11-3)17-12-4/h9-11,13-17,21-22,26-29,31-32H,1,5,12,18-20,23-25,30H2,2-4,6-8H3/b15-10-,16-11-,33-14+,34-17+. The Kier molecular flexibility index (Phi) is 12.9. The molecule has 0 saturated heterocycles. The van der Waals surface area contributed by atoms with Crippen molar-refractivity contribution in [1.29, 1.82) is 0 Å². The van der Waals surface area contributed by atoms with Gasteiger partial charge in [-0.05, 0) is 99.6 Å². The average molecular weight is 703 g/mol. The predicted molar refractivity (Wildman–Crippen MR) is 221 cm³/mol. The normalized spacial score (nSPS) is 16.0. The fourth-order valence-electron chi connectivity index (χ4n) is 7.09. The minimum Gasteiger partial charge on any atom is -0.340 e. The molecule has 1 unspecified atom stereocenters. The Bertz CT molecular complexity index is 2040. The number of carbonyl (C=O) groups is 1. The molecule has 5 heteroatoms. The van der Waals surface area contributed by atoms with Gasteiger partial charge >= 0.3 is 0 Å². The van der Waals surface area contributed by atoms with E-state index < -0.39 is 0 Å². The van der Waals surface area contributed by atoms with E-state index in [0.29, 0.717) is 12.3 Å². The third-order valence-corrected chi connectivity index (χ3v) is 11.9. The molecule has 5 rings (SSSR count). The van der Waals surface area contributed by atoms with Gasteiger partial charge in [-0.1, -0.05) is 101 Å². The molecule has 0 saturated carbocycles. The van der Waals surface area contributed by atoms with Crippen LogP contribution in [-0.2, 0) is 25.8 Å². The summed E-state index contributed by atoms with van der Waals surface area (Å²) in [5, 5.41) is 0. The Hall–Kier alpha value is -3.93. The number of carbonyl (C=O) groups excluding carboxylic acids is 1. The van der Waals surface area contributed by atoms with Crippen LogP contribution >= 0.6 is 22.7 Å². The fraction of sp³-hybridized carbons (Fsp3) is 0.356. The molecule has 0 spiro atoms. The molecule has 0 aliphatic heterocycles. The van der Waals surface area contributed by atoms with Gasteiger partial charge in [0, 0.05) is 39.7 Å². The van der Waals surface area contributed by atoms with E-state index in [1.165, 1.54) is 47.1 Å². The quantitative estimate of drug-likeness (QED) is 0.0843. The summed E-state index contributed by atoms with van der Waals surface area (Å²) in [5.74, 6) is 0.791. The molecule has 50 heavy (non-hydrogen) atoms. The van der Waals surface area contributed by atoms with Gasteiger partial charge in [0.1, 0.15) is 0 Å². The van der Waals surface area contributed by atoms with Crippen molar-refractivity contribution in [2.24, 2.45) is 5.92 Å². The first-order valence-electron chi connectivity index (χ1n) is 18.3. The van der Waals surface area contributed by atoms with Gasteiger partial charge in [0.05, 0.1) is 20.4 Å². The van der Waals surface area contributed by atoms with Crippen molar-refractivity contribution in [3.63, 3.8) is 0 Å². The summed E-state index contributed by atoms with van der Waals surface area (Å²) in [4.78, 5) is 17.0.